The summed E-state index contributed by atoms with van der Waals surface area (Å²) >= 11 is 0. The van der Waals surface area contributed by atoms with Crippen molar-refractivity contribution < 1.29 is 89.7 Å². The number of phosphoric ester groups is 2. The van der Waals surface area contributed by atoms with E-state index in [1.807, 2.05) is 0 Å². The van der Waals surface area contributed by atoms with Crippen molar-refractivity contribution in [3.05, 3.63) is 0 Å². The van der Waals surface area contributed by atoms with Crippen LogP contribution >= 0.6 is 15.6 Å². The fourth-order valence-corrected chi connectivity index (χ4v) is 2.99. The van der Waals surface area contributed by atoms with Crippen LogP contribution in [0.15, 0.2) is 0 Å². The summed E-state index contributed by atoms with van der Waals surface area (Å²) in [5, 5.41) is 0. The van der Waals surface area contributed by atoms with Crippen molar-refractivity contribution in [1.29, 1.82) is 0 Å². The summed E-state index contributed by atoms with van der Waals surface area (Å²) in [7, 11) is -11.3. The van der Waals surface area contributed by atoms with Gasteiger partial charge in [0.25, 0.3) is 27.9 Å². The Morgan fingerprint density at radius 1 is 0.606 bits per heavy atom. The summed E-state index contributed by atoms with van der Waals surface area (Å²) in [4.78, 5) is 21.0. The third kappa shape index (κ3) is 16.4. The molecular weight excluding hydrogens is 562 g/mol. The summed E-state index contributed by atoms with van der Waals surface area (Å²) in [6.07, 6.45) is -32.4. The van der Waals surface area contributed by atoms with Gasteiger partial charge < -0.3 is 18.8 Å². The van der Waals surface area contributed by atoms with Crippen molar-refractivity contribution in [2.24, 2.45) is 0 Å². The molecule has 0 spiro atoms. The van der Waals surface area contributed by atoms with Crippen LogP contribution in [0.5, 0.6) is 0 Å². The Labute approximate surface area is 192 Å². The van der Waals surface area contributed by atoms with E-state index in [9.17, 15) is 71.6 Å². The van der Waals surface area contributed by atoms with Gasteiger partial charge in [-0.15, -0.1) is 0 Å². The molecule has 0 aliphatic carbocycles. The molecule has 0 heterocycles. The van der Waals surface area contributed by atoms with Crippen LogP contribution in [0.3, 0.4) is 0 Å². The predicted molar refractivity (Wildman–Crippen MR) is 78.2 cm³/mol. The number of rotatable bonds is 8. The molecule has 0 saturated heterocycles. The second-order valence-electron chi connectivity index (χ2n) is 4.87. The summed E-state index contributed by atoms with van der Waals surface area (Å²) < 4.78 is 176. The topological polar surface area (TPSA) is 117 Å². The molecule has 0 aromatic carbocycles. The van der Waals surface area contributed by atoms with Crippen LogP contribution in [0, 0.1) is 0 Å². The Morgan fingerprint density at radius 2 is 0.788 bits per heavy atom. The van der Waals surface area contributed by atoms with Crippen molar-refractivity contribution in [1.82, 2.24) is 0 Å². The van der Waals surface area contributed by atoms with E-state index < -0.39 is 65.8 Å². The second kappa shape index (κ2) is 13.5. The third-order valence-electron chi connectivity index (χ3n) is 2.23. The van der Waals surface area contributed by atoms with Gasteiger partial charge in [-0.1, -0.05) is 0 Å². The first-order valence-electron chi connectivity index (χ1n) is 7.35. The molecule has 0 aliphatic heterocycles. The number of phosphoric acid groups is 2. The molecule has 0 aromatic rings. The van der Waals surface area contributed by atoms with Gasteiger partial charge in [0.1, 0.15) is 0 Å². The standard InChI is InChI=1S/2C5H7F6O4P.Mg/c2*1-2-14-16(12,13)15-3(4(6,7)8)5(9,10)11;/h2*3H,2H2,1H3,(H,12,13);/q;;+2/p-2. The van der Waals surface area contributed by atoms with Gasteiger partial charge in [0.15, 0.2) is 0 Å². The first-order valence-corrected chi connectivity index (χ1v) is 10.3. The molecule has 0 N–H and O–H groups in total. The smallest absolute Gasteiger partial charge is 0.756 e. The van der Waals surface area contributed by atoms with E-state index in [-0.39, 0.29) is 23.1 Å². The number of hydrogen-bond donors (Lipinski definition) is 0. The molecule has 0 aromatic heterocycles. The Morgan fingerprint density at radius 3 is 0.909 bits per heavy atom. The van der Waals surface area contributed by atoms with E-state index >= 15 is 0 Å². The SMILES string of the molecule is CCOP(=O)([O-])OC(C(F)(F)F)C(F)(F)F.CCOP(=O)([O-])OC(C(F)(F)F)C(F)(F)F.[Mg+2]. The van der Waals surface area contributed by atoms with Crippen molar-refractivity contribution >= 4 is 38.7 Å². The Bertz CT molecular complexity index is 581. The van der Waals surface area contributed by atoms with Gasteiger partial charge in [-0.25, -0.2) is 0 Å². The van der Waals surface area contributed by atoms with Crippen LogP contribution in [-0.4, -0.2) is 73.2 Å². The van der Waals surface area contributed by atoms with E-state index in [4.69, 9.17) is 0 Å². The maximum absolute atomic E-state index is 11.8. The maximum Gasteiger partial charge on any atom is 2.00 e. The molecule has 0 radical (unpaired) electrons. The molecule has 0 fully saturated rings. The molecule has 196 valence electrons. The van der Waals surface area contributed by atoms with Crippen molar-refractivity contribution in [2.45, 2.75) is 50.8 Å². The first-order chi connectivity index (χ1) is 13.8. The third-order valence-corrected chi connectivity index (χ3v) is 4.32. The minimum Gasteiger partial charge on any atom is -0.756 e. The van der Waals surface area contributed by atoms with Crippen LogP contribution in [-0.2, 0) is 27.2 Å². The molecule has 0 bridgehead atoms. The Kier molecular flexibility index (Phi) is 15.4. The Balaban J connectivity index is -0.000000529. The van der Waals surface area contributed by atoms with Crippen LogP contribution in [0.1, 0.15) is 13.8 Å². The van der Waals surface area contributed by atoms with Crippen LogP contribution in [0.25, 0.3) is 0 Å². The van der Waals surface area contributed by atoms with Gasteiger partial charge >= 0.3 is 47.8 Å². The van der Waals surface area contributed by atoms with Crippen molar-refractivity contribution in [2.75, 3.05) is 13.2 Å². The van der Waals surface area contributed by atoms with Gasteiger partial charge in [-0.3, -0.25) is 18.2 Å². The van der Waals surface area contributed by atoms with Gasteiger partial charge in [0, 0.05) is 0 Å². The monoisotopic (exact) mass is 574 g/mol. The fourth-order valence-electron chi connectivity index (χ4n) is 1.25. The van der Waals surface area contributed by atoms with E-state index in [1.165, 1.54) is 0 Å². The van der Waals surface area contributed by atoms with Crippen molar-refractivity contribution in [3.8, 4) is 0 Å². The van der Waals surface area contributed by atoms with Gasteiger partial charge in [-0.05, 0) is 13.8 Å². The largest absolute Gasteiger partial charge is 2.00 e. The fraction of sp³-hybridized carbons (Fsp3) is 1.00. The zero-order valence-corrected chi connectivity index (χ0v) is 19.2. The first kappa shape index (κ1) is 37.7. The van der Waals surface area contributed by atoms with Crippen LogP contribution < -0.4 is 9.79 Å². The van der Waals surface area contributed by atoms with E-state index in [2.05, 4.69) is 18.1 Å². The van der Waals surface area contributed by atoms with Gasteiger partial charge in [-0.2, -0.15) is 52.7 Å². The molecule has 8 nitrogen and oxygen atoms in total. The molecule has 2 atom stereocenters. The van der Waals surface area contributed by atoms with E-state index in [0.717, 1.165) is 13.8 Å². The second-order valence-corrected chi connectivity index (χ2v) is 7.59. The van der Waals surface area contributed by atoms with E-state index in [1.54, 1.807) is 0 Å². The quantitative estimate of drug-likeness (QED) is 0.245. The normalized spacial score (nSPS) is 17.0. The molecular formula is C10H12F12MgO8P2. The van der Waals surface area contributed by atoms with E-state index in [0.29, 0.717) is 0 Å². The van der Waals surface area contributed by atoms with Gasteiger partial charge in [0.2, 0.25) is 0 Å². The zero-order valence-electron chi connectivity index (χ0n) is 16.0. The molecule has 0 rings (SSSR count). The van der Waals surface area contributed by atoms with Crippen molar-refractivity contribution in [3.63, 3.8) is 0 Å². The minimum atomic E-state index is -5.89. The average molecular weight is 574 g/mol. The molecule has 33 heavy (non-hydrogen) atoms. The van der Waals surface area contributed by atoms with Gasteiger partial charge in [0.05, 0.1) is 13.2 Å². The predicted octanol–water partition coefficient (Wildman–Crippen LogP) is 3.62. The molecule has 23 heteroatoms. The number of alkyl halides is 12. The summed E-state index contributed by atoms with van der Waals surface area (Å²) in [5.41, 5.74) is 0. The zero-order chi connectivity index (χ0) is 26.4. The molecule has 0 saturated carbocycles. The minimum absolute atomic E-state index is 0. The Hall–Kier alpha value is 0.146. The van der Waals surface area contributed by atoms with Crippen LogP contribution in [0.4, 0.5) is 52.7 Å². The maximum atomic E-state index is 11.8. The van der Waals surface area contributed by atoms with Crippen LogP contribution in [0.2, 0.25) is 0 Å². The summed E-state index contributed by atoms with van der Waals surface area (Å²) in [6, 6.07) is 0. The number of halogens is 12. The molecule has 2 unspecified atom stereocenters. The summed E-state index contributed by atoms with van der Waals surface area (Å²) in [5.74, 6) is 0. The number of hydrogen-bond acceptors (Lipinski definition) is 8. The molecule has 0 aliphatic rings. The summed E-state index contributed by atoms with van der Waals surface area (Å²) in [6.45, 7) is 0.848. The average Bonchev–Trinajstić information content (AvgIpc) is 2.47. The molecule has 0 amide bonds.